The van der Waals surface area contributed by atoms with E-state index in [1.165, 1.54) is 0 Å². The maximum atomic E-state index is 9.62. The first-order chi connectivity index (χ1) is 10.7. The summed E-state index contributed by atoms with van der Waals surface area (Å²) in [5.74, 6) is 0. The van der Waals surface area contributed by atoms with Crippen LogP contribution in [0.15, 0.2) is 18.2 Å². The van der Waals surface area contributed by atoms with Gasteiger partial charge in [-0.05, 0) is 19.3 Å². The summed E-state index contributed by atoms with van der Waals surface area (Å²) < 4.78 is 9.62. The van der Waals surface area contributed by atoms with Gasteiger partial charge in [-0.25, -0.2) is 12.2 Å². The van der Waals surface area contributed by atoms with Crippen LogP contribution in [0.4, 0.5) is 3.50 Å². The summed E-state index contributed by atoms with van der Waals surface area (Å²) >= 11 is -0.125. The van der Waals surface area contributed by atoms with Crippen molar-refractivity contribution in [2.24, 2.45) is 0 Å². The Morgan fingerprint density at radius 2 is 1.22 bits per heavy atom. The molecule has 0 aromatic rings. The van der Waals surface area contributed by atoms with Crippen molar-refractivity contribution in [2.75, 3.05) is 19.8 Å². The van der Waals surface area contributed by atoms with Gasteiger partial charge in [0.05, 0.1) is 0 Å². The monoisotopic (exact) mass is 472 g/mol. The molecule has 0 amide bonds. The van der Waals surface area contributed by atoms with Gasteiger partial charge in [-0.1, -0.05) is 40.0 Å². The summed E-state index contributed by atoms with van der Waals surface area (Å²) in [6, 6.07) is 0. The predicted molar refractivity (Wildman–Crippen MR) is 97.2 cm³/mol. The first-order valence-electron chi connectivity index (χ1n) is 8.05. The molecule has 0 bridgehead atoms. The molecule has 0 atom stereocenters. The normalized spacial score (nSPS) is 9.57. The molecule has 1 aliphatic carbocycles. The van der Waals surface area contributed by atoms with Crippen molar-refractivity contribution in [3.05, 3.63) is 24.3 Å². The molecule has 0 unspecified atom stereocenters. The zero-order valence-corrected chi connectivity index (χ0v) is 20.7. The number of aliphatic hydroxyl groups excluding tert-OH is 3. The van der Waals surface area contributed by atoms with Crippen LogP contribution in [0.1, 0.15) is 65.7 Å². The van der Waals surface area contributed by atoms with Crippen molar-refractivity contribution in [2.45, 2.75) is 65.7 Å². The summed E-state index contributed by atoms with van der Waals surface area (Å²) in [6.45, 7) is 7.19. The summed E-state index contributed by atoms with van der Waals surface area (Å²) in [7, 11) is 0. The molecule has 139 valence electrons. The smallest absolute Gasteiger partial charge is 0 e. The molecule has 23 heavy (non-hydrogen) atoms. The van der Waals surface area contributed by atoms with Crippen LogP contribution in [0.5, 0.6) is 0 Å². The first kappa shape index (κ1) is 34.9. The number of halogens is 1. The van der Waals surface area contributed by atoms with Crippen LogP contribution < -0.4 is 0 Å². The summed E-state index contributed by atoms with van der Waals surface area (Å²) in [5.41, 5.74) is 0. The van der Waals surface area contributed by atoms with E-state index in [-0.39, 0.29) is 43.2 Å². The maximum Gasteiger partial charge on any atom is 0 e. The molecule has 0 aromatic heterocycles. The van der Waals surface area contributed by atoms with E-state index < -0.39 is 0 Å². The van der Waals surface area contributed by atoms with Gasteiger partial charge in [0.1, 0.15) is 0 Å². The summed E-state index contributed by atoms with van der Waals surface area (Å²) in [5, 5.41) is 24.2. The standard InChI is InChI=1S/C5H5.3C4H10O.FGeH2.Zr/c1-2-4-5-3-1;3*1-2-3-4-5;1-2;/h1-3H,4H2;3*5H,2-4H2,1H3;2H2;/q-1;;;;;. The van der Waals surface area contributed by atoms with Crippen molar-refractivity contribution >= 4 is 17.0 Å². The van der Waals surface area contributed by atoms with E-state index in [1.54, 1.807) is 0 Å². The van der Waals surface area contributed by atoms with Crippen molar-refractivity contribution in [1.82, 2.24) is 0 Å². The molecular formula is C17H37FGeO3Zr-. The maximum absolute atomic E-state index is 9.62. The zero-order chi connectivity index (χ0) is 17.9. The Morgan fingerprint density at radius 1 is 0.870 bits per heavy atom. The molecule has 1 aliphatic rings. The molecule has 1 rings (SSSR count). The SMILES string of the molecule is CCCCO.CCCCO.CCCCO.[C-]1=CC=CC1.[F][GeH2].[Zr]. The topological polar surface area (TPSA) is 60.7 Å². The number of aliphatic hydroxyl groups is 3. The fourth-order valence-electron chi connectivity index (χ4n) is 0.815. The second kappa shape index (κ2) is 49.5. The number of hydrogen-bond acceptors (Lipinski definition) is 3. The van der Waals surface area contributed by atoms with Crippen LogP contribution in [-0.4, -0.2) is 52.1 Å². The predicted octanol–water partition coefficient (Wildman–Crippen LogP) is 3.14. The van der Waals surface area contributed by atoms with Crippen molar-refractivity contribution in [1.29, 1.82) is 0 Å². The second-order valence-corrected chi connectivity index (χ2v) is 4.23. The Bertz CT molecular complexity index is 164. The third kappa shape index (κ3) is 71.0. The van der Waals surface area contributed by atoms with Crippen molar-refractivity contribution in [3.63, 3.8) is 0 Å². The third-order valence-electron chi connectivity index (χ3n) is 2.12. The van der Waals surface area contributed by atoms with Gasteiger partial charge in [0.15, 0.2) is 0 Å². The van der Waals surface area contributed by atoms with Gasteiger partial charge in [-0.2, -0.15) is 6.08 Å². The van der Waals surface area contributed by atoms with Gasteiger partial charge in [0, 0.05) is 46.0 Å². The molecule has 0 saturated heterocycles. The molecule has 0 spiro atoms. The van der Waals surface area contributed by atoms with E-state index in [1.807, 2.05) is 12.2 Å². The van der Waals surface area contributed by atoms with Crippen LogP contribution >= 0.6 is 0 Å². The Balaban J connectivity index is -0.0000000595. The van der Waals surface area contributed by atoms with Gasteiger partial charge in [0.2, 0.25) is 0 Å². The van der Waals surface area contributed by atoms with Gasteiger partial charge >= 0.3 is 20.5 Å². The summed E-state index contributed by atoms with van der Waals surface area (Å²) in [6.07, 6.45) is 16.1. The molecule has 0 aromatic carbocycles. The van der Waals surface area contributed by atoms with Crippen LogP contribution in [0.2, 0.25) is 0 Å². The zero-order valence-electron chi connectivity index (χ0n) is 15.2. The van der Waals surface area contributed by atoms with Gasteiger partial charge in [-0.15, -0.1) is 6.42 Å². The summed E-state index contributed by atoms with van der Waals surface area (Å²) in [4.78, 5) is 0. The number of unbranched alkanes of at least 4 members (excludes halogenated alkanes) is 3. The van der Waals surface area contributed by atoms with Gasteiger partial charge in [0.25, 0.3) is 0 Å². The fourth-order valence-corrected chi connectivity index (χ4v) is 0.815. The Kier molecular flexibility index (Phi) is 75.1. The molecule has 0 heterocycles. The van der Waals surface area contributed by atoms with E-state index in [2.05, 4.69) is 32.9 Å². The molecule has 6 heteroatoms. The quantitative estimate of drug-likeness (QED) is 0.412. The minimum absolute atomic E-state index is 0. The second-order valence-electron chi connectivity index (χ2n) is 4.23. The number of allylic oxidation sites excluding steroid dienone is 4. The van der Waals surface area contributed by atoms with Crippen LogP contribution in [0, 0.1) is 6.08 Å². The Morgan fingerprint density at radius 3 is 1.26 bits per heavy atom. The Labute approximate surface area is 171 Å². The van der Waals surface area contributed by atoms with E-state index >= 15 is 0 Å². The average molecular weight is 472 g/mol. The van der Waals surface area contributed by atoms with E-state index in [4.69, 9.17) is 15.3 Å². The molecule has 0 aliphatic heterocycles. The van der Waals surface area contributed by atoms with Crippen LogP contribution in [0.25, 0.3) is 0 Å². The van der Waals surface area contributed by atoms with Gasteiger partial charge in [-0.3, -0.25) is 6.08 Å². The third-order valence-corrected chi connectivity index (χ3v) is 2.12. The van der Waals surface area contributed by atoms with E-state index in [9.17, 15) is 3.50 Å². The molecule has 1 radical (unpaired) electrons. The molecule has 0 fully saturated rings. The molecule has 3 nitrogen and oxygen atoms in total. The molecule has 0 saturated carbocycles. The number of rotatable bonds is 6. The van der Waals surface area contributed by atoms with Crippen molar-refractivity contribution < 1.29 is 45.0 Å². The fraction of sp³-hybridized carbons (Fsp3) is 0.765. The minimum atomic E-state index is -0.125. The molecule has 3 N–H and O–H groups in total. The first-order valence-corrected chi connectivity index (χ1v) is 9.18. The van der Waals surface area contributed by atoms with Crippen LogP contribution in [-0.2, 0) is 26.2 Å². The largest absolute Gasteiger partial charge is 0 e. The van der Waals surface area contributed by atoms with Gasteiger partial charge < -0.3 is 15.3 Å². The minimum Gasteiger partial charge on any atom is 0 e. The average Bonchev–Trinajstić information content (AvgIpc) is 3.13. The van der Waals surface area contributed by atoms with E-state index in [0.29, 0.717) is 19.8 Å². The molecular weight excluding hydrogens is 435 g/mol. The number of hydrogen-bond donors (Lipinski definition) is 3. The van der Waals surface area contributed by atoms with Crippen LogP contribution in [0.3, 0.4) is 0 Å². The van der Waals surface area contributed by atoms with E-state index in [0.717, 1.165) is 44.9 Å². The van der Waals surface area contributed by atoms with Crippen molar-refractivity contribution in [3.8, 4) is 0 Å². The Hall–Kier alpha value is 0.716.